The summed E-state index contributed by atoms with van der Waals surface area (Å²) >= 11 is 1.49. The van der Waals surface area contributed by atoms with Gasteiger partial charge < -0.3 is 24.1 Å². The van der Waals surface area contributed by atoms with Crippen LogP contribution in [-0.4, -0.2) is 36.8 Å². The first-order valence-electron chi connectivity index (χ1n) is 7.82. The lowest BCUT2D eigenvalue weighted by molar-refractivity contribution is -0.115. The second-order valence-corrected chi connectivity index (χ2v) is 6.19. The lowest BCUT2D eigenvalue weighted by atomic mass is 10.2. The molecular formula is C18H19N3O4S. The second-order valence-electron chi connectivity index (χ2n) is 5.35. The molecule has 26 heavy (non-hydrogen) atoms. The zero-order valence-corrected chi connectivity index (χ0v) is 15.5. The average molecular weight is 373 g/mol. The molecule has 3 aromatic rings. The number of methoxy groups -OCH3 is 3. The zero-order chi connectivity index (χ0) is 18.5. The Morgan fingerprint density at radius 1 is 1.12 bits per heavy atom. The van der Waals surface area contributed by atoms with Crippen molar-refractivity contribution in [1.82, 2.24) is 9.55 Å². The maximum Gasteiger partial charge on any atom is 0.230 e. The number of nitrogens with one attached hydrogen (secondary N) is 1. The summed E-state index contributed by atoms with van der Waals surface area (Å²) in [5, 5.41) is 5.54. The van der Waals surface area contributed by atoms with Crippen LogP contribution in [0.3, 0.4) is 0 Å². The van der Waals surface area contributed by atoms with Gasteiger partial charge >= 0.3 is 0 Å². The van der Waals surface area contributed by atoms with Crippen molar-refractivity contribution < 1.29 is 19.0 Å². The van der Waals surface area contributed by atoms with Gasteiger partial charge in [-0.05, 0) is 12.1 Å². The number of ether oxygens (including phenoxy) is 3. The smallest absolute Gasteiger partial charge is 0.230 e. The van der Waals surface area contributed by atoms with Crippen molar-refractivity contribution in [2.24, 2.45) is 0 Å². The first kappa shape index (κ1) is 17.8. The Hall–Kier alpha value is -3.00. The van der Waals surface area contributed by atoms with E-state index in [1.165, 1.54) is 32.7 Å². The van der Waals surface area contributed by atoms with Crippen LogP contribution in [0.4, 0.5) is 5.69 Å². The molecule has 0 saturated heterocycles. The van der Waals surface area contributed by atoms with Gasteiger partial charge in [0, 0.05) is 35.6 Å². The number of benzene rings is 1. The van der Waals surface area contributed by atoms with E-state index in [2.05, 4.69) is 10.3 Å². The molecule has 136 valence electrons. The van der Waals surface area contributed by atoms with Crippen LogP contribution in [0.25, 0.3) is 5.13 Å². The number of rotatable bonds is 7. The molecule has 0 aliphatic rings. The number of anilines is 1. The number of nitrogens with zero attached hydrogens (tertiary/aromatic N) is 2. The van der Waals surface area contributed by atoms with Gasteiger partial charge in [-0.1, -0.05) is 0 Å². The third-order valence-electron chi connectivity index (χ3n) is 3.66. The highest BCUT2D eigenvalue weighted by atomic mass is 32.1. The minimum absolute atomic E-state index is 0.175. The Balaban J connectivity index is 1.72. The number of carbonyl (C=O) groups is 1. The monoisotopic (exact) mass is 373 g/mol. The molecule has 0 saturated carbocycles. The molecule has 1 amide bonds. The molecular weight excluding hydrogens is 354 g/mol. The molecule has 0 aliphatic heterocycles. The van der Waals surface area contributed by atoms with Crippen LogP contribution in [0.15, 0.2) is 42.0 Å². The van der Waals surface area contributed by atoms with E-state index in [4.69, 9.17) is 14.2 Å². The number of aromatic nitrogens is 2. The normalized spacial score (nSPS) is 10.4. The average Bonchev–Trinajstić information content (AvgIpc) is 3.32. The van der Waals surface area contributed by atoms with Gasteiger partial charge in [0.05, 0.1) is 33.4 Å². The molecule has 0 fully saturated rings. The van der Waals surface area contributed by atoms with E-state index in [9.17, 15) is 4.79 Å². The number of hydrogen-bond donors (Lipinski definition) is 1. The van der Waals surface area contributed by atoms with Gasteiger partial charge in [-0.3, -0.25) is 4.79 Å². The standard InChI is InChI=1S/C18H19N3O4S/c1-23-14-8-12(9-15(24-2)17(14)25-3)19-16(22)10-13-11-26-18(20-13)21-6-4-5-7-21/h4-9,11H,10H2,1-3H3,(H,19,22). The summed E-state index contributed by atoms with van der Waals surface area (Å²) in [6.45, 7) is 0. The first-order chi connectivity index (χ1) is 12.6. The number of thiazole rings is 1. The minimum Gasteiger partial charge on any atom is -0.493 e. The zero-order valence-electron chi connectivity index (χ0n) is 14.7. The van der Waals surface area contributed by atoms with Crippen molar-refractivity contribution in [3.8, 4) is 22.4 Å². The predicted octanol–water partition coefficient (Wildman–Crippen LogP) is 3.14. The van der Waals surface area contributed by atoms with Gasteiger partial charge in [0.25, 0.3) is 0 Å². The predicted molar refractivity (Wildman–Crippen MR) is 99.9 cm³/mol. The topological polar surface area (TPSA) is 74.6 Å². The van der Waals surface area contributed by atoms with E-state index < -0.39 is 0 Å². The van der Waals surface area contributed by atoms with Gasteiger partial charge in [-0.2, -0.15) is 0 Å². The lowest BCUT2D eigenvalue weighted by Crippen LogP contribution is -2.15. The Labute approximate surface area is 155 Å². The summed E-state index contributed by atoms with van der Waals surface area (Å²) < 4.78 is 17.8. The van der Waals surface area contributed by atoms with Gasteiger partial charge in [-0.25, -0.2) is 4.98 Å². The number of amides is 1. The van der Waals surface area contributed by atoms with Gasteiger partial charge in [0.15, 0.2) is 16.6 Å². The van der Waals surface area contributed by atoms with Crippen LogP contribution in [0.5, 0.6) is 17.2 Å². The fourth-order valence-corrected chi connectivity index (χ4v) is 3.27. The molecule has 0 radical (unpaired) electrons. The molecule has 1 aromatic carbocycles. The molecule has 3 rings (SSSR count). The largest absolute Gasteiger partial charge is 0.493 e. The summed E-state index contributed by atoms with van der Waals surface area (Å²) in [6.07, 6.45) is 4.01. The molecule has 2 heterocycles. The van der Waals surface area contributed by atoms with Crippen LogP contribution < -0.4 is 19.5 Å². The van der Waals surface area contributed by atoms with Crippen molar-refractivity contribution in [2.75, 3.05) is 26.6 Å². The highest BCUT2D eigenvalue weighted by Gasteiger charge is 2.15. The molecule has 0 aliphatic carbocycles. The third kappa shape index (κ3) is 3.80. The van der Waals surface area contributed by atoms with Crippen LogP contribution >= 0.6 is 11.3 Å². The SMILES string of the molecule is COc1cc(NC(=O)Cc2csc(-n3cccc3)n2)cc(OC)c1OC. The fraction of sp³-hybridized carbons (Fsp3) is 0.222. The van der Waals surface area contributed by atoms with E-state index in [-0.39, 0.29) is 12.3 Å². The van der Waals surface area contributed by atoms with Crippen molar-refractivity contribution in [3.63, 3.8) is 0 Å². The van der Waals surface area contributed by atoms with E-state index in [0.717, 1.165) is 5.13 Å². The summed E-state index contributed by atoms with van der Waals surface area (Å²) in [5.41, 5.74) is 1.27. The van der Waals surface area contributed by atoms with Crippen LogP contribution in [0, 0.1) is 0 Å². The van der Waals surface area contributed by atoms with Gasteiger partial charge in [0.1, 0.15) is 0 Å². The highest BCUT2D eigenvalue weighted by molar-refractivity contribution is 7.12. The van der Waals surface area contributed by atoms with Gasteiger partial charge in [-0.15, -0.1) is 11.3 Å². The molecule has 8 heteroatoms. The summed E-state index contributed by atoms with van der Waals surface area (Å²) in [6, 6.07) is 7.23. The summed E-state index contributed by atoms with van der Waals surface area (Å²) in [5.74, 6) is 1.25. The lowest BCUT2D eigenvalue weighted by Gasteiger charge is -2.14. The van der Waals surface area contributed by atoms with Crippen molar-refractivity contribution >= 4 is 22.9 Å². The van der Waals surface area contributed by atoms with Crippen molar-refractivity contribution in [1.29, 1.82) is 0 Å². The van der Waals surface area contributed by atoms with E-state index in [1.807, 2.05) is 34.5 Å². The Morgan fingerprint density at radius 2 is 1.77 bits per heavy atom. The number of hydrogen-bond acceptors (Lipinski definition) is 6. The quantitative estimate of drug-likeness (QED) is 0.689. The number of carbonyl (C=O) groups excluding carboxylic acids is 1. The third-order valence-corrected chi connectivity index (χ3v) is 4.56. The Morgan fingerprint density at radius 3 is 2.35 bits per heavy atom. The van der Waals surface area contributed by atoms with Gasteiger partial charge in [0.2, 0.25) is 11.7 Å². The highest BCUT2D eigenvalue weighted by Crippen LogP contribution is 2.39. The fourth-order valence-electron chi connectivity index (χ4n) is 2.48. The maximum atomic E-state index is 12.4. The van der Waals surface area contributed by atoms with E-state index >= 15 is 0 Å². The molecule has 2 aromatic heterocycles. The molecule has 0 spiro atoms. The van der Waals surface area contributed by atoms with Crippen molar-refractivity contribution in [2.45, 2.75) is 6.42 Å². The summed E-state index contributed by atoms with van der Waals surface area (Å²) in [7, 11) is 4.59. The Bertz CT molecular complexity index is 865. The molecule has 1 N–H and O–H groups in total. The molecule has 0 atom stereocenters. The molecule has 7 nitrogen and oxygen atoms in total. The van der Waals surface area contributed by atoms with Crippen molar-refractivity contribution in [3.05, 3.63) is 47.7 Å². The summed E-state index contributed by atoms with van der Waals surface area (Å²) in [4.78, 5) is 16.8. The Kier molecular flexibility index (Phi) is 5.43. The maximum absolute atomic E-state index is 12.4. The van der Waals surface area contributed by atoms with E-state index in [1.54, 1.807) is 12.1 Å². The molecule has 0 unspecified atom stereocenters. The van der Waals surface area contributed by atoms with Crippen LogP contribution in [0.1, 0.15) is 5.69 Å². The van der Waals surface area contributed by atoms with Crippen LogP contribution in [0.2, 0.25) is 0 Å². The minimum atomic E-state index is -0.177. The van der Waals surface area contributed by atoms with Crippen LogP contribution in [-0.2, 0) is 11.2 Å². The second kappa shape index (κ2) is 7.92. The van der Waals surface area contributed by atoms with E-state index in [0.29, 0.717) is 28.6 Å². The first-order valence-corrected chi connectivity index (χ1v) is 8.70. The molecule has 0 bridgehead atoms.